The molecule has 0 amide bonds. The first kappa shape index (κ1) is 43.2. The molecule has 16 heteroatoms. The van der Waals surface area contributed by atoms with Crippen LogP contribution in [0.2, 0.25) is 0 Å². The van der Waals surface area contributed by atoms with Crippen molar-refractivity contribution in [3.8, 4) is 0 Å². The van der Waals surface area contributed by atoms with Crippen LogP contribution < -0.4 is 0 Å². The van der Waals surface area contributed by atoms with Crippen LogP contribution in [0.4, 0.5) is 0 Å². The summed E-state index contributed by atoms with van der Waals surface area (Å²) >= 11 is 0. The predicted molar refractivity (Wildman–Crippen MR) is 198 cm³/mol. The van der Waals surface area contributed by atoms with Crippen molar-refractivity contribution >= 4 is 5.97 Å². The second-order valence-corrected chi connectivity index (χ2v) is 18.5. The van der Waals surface area contributed by atoms with Gasteiger partial charge in [-0.05, 0) is 72.3 Å². The number of ether oxygens (including phenoxy) is 6. The van der Waals surface area contributed by atoms with Crippen LogP contribution in [0.25, 0.3) is 0 Å². The lowest BCUT2D eigenvalue weighted by molar-refractivity contribution is -0.387. The Kier molecular flexibility index (Phi) is 12.0. The van der Waals surface area contributed by atoms with Gasteiger partial charge in [0.1, 0.15) is 61.0 Å². The molecular weight excluding hydrogens is 748 g/mol. The van der Waals surface area contributed by atoms with Gasteiger partial charge in [-0.15, -0.1) is 0 Å². The molecule has 0 aromatic heterocycles. The van der Waals surface area contributed by atoms with Crippen molar-refractivity contribution in [1.29, 1.82) is 0 Å². The van der Waals surface area contributed by atoms with E-state index in [0.29, 0.717) is 12.3 Å². The molecule has 18 atom stereocenters. The van der Waals surface area contributed by atoms with Gasteiger partial charge in [0.25, 0.3) is 0 Å². The summed E-state index contributed by atoms with van der Waals surface area (Å²) < 4.78 is 36.1. The third-order valence-corrected chi connectivity index (χ3v) is 14.6. The number of aliphatic carboxylic acids is 1. The van der Waals surface area contributed by atoms with Crippen LogP contribution in [0.15, 0.2) is 34.4 Å². The van der Waals surface area contributed by atoms with Crippen molar-refractivity contribution in [3.05, 3.63) is 34.4 Å². The van der Waals surface area contributed by atoms with Gasteiger partial charge in [0, 0.05) is 5.41 Å². The third kappa shape index (κ3) is 7.18. The molecule has 0 radical (unpaired) electrons. The maximum Gasteiger partial charge on any atom is 0.335 e. The highest BCUT2D eigenvalue weighted by Gasteiger charge is 2.59. The normalized spacial score (nSPS) is 48.5. The summed E-state index contributed by atoms with van der Waals surface area (Å²) in [5.74, 6) is -0.960. The Bertz CT molecular complexity index is 1610. The monoisotopic (exact) mass is 810 g/mol. The number of carbonyl (C=O) groups is 1. The van der Waals surface area contributed by atoms with E-state index in [0.717, 1.165) is 32.1 Å². The average Bonchev–Trinajstić information content (AvgIpc) is 3.52. The minimum atomic E-state index is -2.00. The fourth-order valence-electron chi connectivity index (χ4n) is 11.4. The molecule has 322 valence electrons. The van der Waals surface area contributed by atoms with E-state index in [9.17, 15) is 50.8 Å². The lowest BCUT2D eigenvalue weighted by Crippen LogP contribution is -2.66. The minimum absolute atomic E-state index is 0.0502. The van der Waals surface area contributed by atoms with E-state index in [2.05, 4.69) is 53.7 Å². The van der Waals surface area contributed by atoms with Crippen molar-refractivity contribution in [2.24, 2.45) is 28.1 Å². The number of hydrogen-bond donors (Lipinski definition) is 9. The van der Waals surface area contributed by atoms with E-state index in [1.807, 2.05) is 0 Å². The van der Waals surface area contributed by atoms with Gasteiger partial charge >= 0.3 is 5.97 Å². The number of hydrogen-bond acceptors (Lipinski definition) is 15. The molecule has 3 aliphatic heterocycles. The zero-order valence-corrected chi connectivity index (χ0v) is 33.5. The quantitative estimate of drug-likeness (QED) is 0.153. The van der Waals surface area contributed by atoms with Gasteiger partial charge in [0.05, 0.1) is 19.3 Å². The topological polar surface area (TPSA) is 255 Å². The van der Waals surface area contributed by atoms with Crippen LogP contribution in [-0.2, 0) is 33.2 Å². The molecule has 7 rings (SSSR count). The maximum atomic E-state index is 11.9. The van der Waals surface area contributed by atoms with Gasteiger partial charge in [-0.2, -0.15) is 0 Å². The molecule has 57 heavy (non-hydrogen) atoms. The zero-order chi connectivity index (χ0) is 41.5. The number of carboxylic acids is 1. The average molecular weight is 811 g/mol. The Hall–Kier alpha value is -1.87. The summed E-state index contributed by atoms with van der Waals surface area (Å²) in [5, 5.41) is 94.3. The lowest BCUT2D eigenvalue weighted by Gasteiger charge is -2.60. The summed E-state index contributed by atoms with van der Waals surface area (Å²) in [7, 11) is 0. The molecule has 3 saturated heterocycles. The molecule has 0 bridgehead atoms. The van der Waals surface area contributed by atoms with Gasteiger partial charge in [-0.3, -0.25) is 0 Å². The summed E-state index contributed by atoms with van der Waals surface area (Å²) in [6.45, 7) is 12.5. The molecule has 9 N–H and O–H groups in total. The number of rotatable bonds is 9. The summed E-state index contributed by atoms with van der Waals surface area (Å²) in [4.78, 5) is 11.9. The van der Waals surface area contributed by atoms with Crippen LogP contribution in [0.5, 0.6) is 0 Å². The van der Waals surface area contributed by atoms with Gasteiger partial charge in [0.2, 0.25) is 0 Å². The van der Waals surface area contributed by atoms with Gasteiger partial charge in [0.15, 0.2) is 25.0 Å². The number of fused-ring (bicyclic) bond motifs is 4. The Morgan fingerprint density at radius 1 is 0.789 bits per heavy atom. The van der Waals surface area contributed by atoms with E-state index in [1.165, 1.54) is 22.3 Å². The number of aliphatic hydroxyl groups excluding tert-OH is 8. The molecule has 16 nitrogen and oxygen atoms in total. The largest absolute Gasteiger partial charge is 0.479 e. The highest BCUT2D eigenvalue weighted by atomic mass is 16.8. The van der Waals surface area contributed by atoms with Crippen LogP contribution >= 0.6 is 0 Å². The first-order valence-electron chi connectivity index (χ1n) is 20.4. The summed E-state index contributed by atoms with van der Waals surface area (Å²) in [6, 6.07) is 0. The fourth-order valence-corrected chi connectivity index (χ4v) is 11.4. The van der Waals surface area contributed by atoms with E-state index in [-0.39, 0.29) is 23.4 Å². The minimum Gasteiger partial charge on any atom is -0.479 e. The molecule has 0 aromatic carbocycles. The van der Waals surface area contributed by atoms with E-state index in [4.69, 9.17) is 28.4 Å². The standard InChI is InChI=1S/C41H62O16/c1-17(2)19-8-9-20-18-7-10-24-39(3,4)25(12-14-41(24,6)21(18)11-13-40(19,20)5)54-38-34(57-36-30(48)27(45)26(44)23(15-42)53-36)32(22(43)16-52-38)55-37-31(49)28(46)29(47)33(56-37)35(50)51/h8-9,17,22-34,36-38,42-49H,7,10-16H2,1-6H3,(H,50,51)/t22-,23?,24-,25-,26-,27?,28?,29+,30?,31?,32?,33-,34?,36-,37+,38-,40+,41+/m0/s1. The predicted octanol–water partition coefficient (Wildman–Crippen LogP) is 0.407. The fraction of sp³-hybridized carbons (Fsp3) is 0.829. The lowest BCUT2D eigenvalue weighted by atomic mass is 9.46. The Balaban J connectivity index is 1.16. The Labute approximate surface area is 332 Å². The zero-order valence-electron chi connectivity index (χ0n) is 33.5. The smallest absolute Gasteiger partial charge is 0.335 e. The van der Waals surface area contributed by atoms with E-state index in [1.54, 1.807) is 0 Å². The second kappa shape index (κ2) is 15.9. The highest BCUT2D eigenvalue weighted by molar-refractivity contribution is 5.73. The molecule has 1 saturated carbocycles. The Morgan fingerprint density at radius 3 is 2.09 bits per heavy atom. The molecule has 7 aliphatic rings. The van der Waals surface area contributed by atoms with Crippen molar-refractivity contribution < 1.29 is 79.2 Å². The molecule has 4 aliphatic carbocycles. The number of aliphatic hydroxyl groups is 8. The maximum absolute atomic E-state index is 11.9. The first-order valence-corrected chi connectivity index (χ1v) is 20.4. The number of carboxylic acid groups (broad SMARTS) is 1. The first-order chi connectivity index (χ1) is 26.8. The van der Waals surface area contributed by atoms with Crippen molar-refractivity contribution in [2.45, 2.75) is 172 Å². The summed E-state index contributed by atoms with van der Waals surface area (Å²) in [5.41, 5.74) is 5.50. The molecular formula is C41H62O16. The van der Waals surface area contributed by atoms with E-state index >= 15 is 0 Å². The van der Waals surface area contributed by atoms with Crippen LogP contribution in [0.3, 0.4) is 0 Å². The number of allylic oxidation sites excluding steroid dienone is 6. The van der Waals surface area contributed by atoms with Crippen LogP contribution in [0.1, 0.15) is 80.1 Å². The molecule has 4 fully saturated rings. The SMILES string of the molecule is CC(C)C1=CC=C2C3=C(CC[C@@]21C)[C@@]1(C)CC[C@H](O[C@@H]2OC[C@H](O)C(O[C@@H]4O[C@H](C(=O)O)[C@H](O)C(O)C4O)C2O[C@@H]2OC(CO)[C@H](O)C(O)C2O)C(C)(C)[C@@H]1CC3. The molecule has 0 aromatic rings. The van der Waals surface area contributed by atoms with Crippen molar-refractivity contribution in [1.82, 2.24) is 0 Å². The van der Waals surface area contributed by atoms with Crippen LogP contribution in [0, 0.1) is 28.1 Å². The Morgan fingerprint density at radius 2 is 1.44 bits per heavy atom. The third-order valence-electron chi connectivity index (χ3n) is 14.6. The van der Waals surface area contributed by atoms with Crippen LogP contribution in [-0.4, -0.2) is 157 Å². The van der Waals surface area contributed by atoms with Gasteiger partial charge in [-0.1, -0.05) is 64.8 Å². The second-order valence-electron chi connectivity index (χ2n) is 18.5. The summed E-state index contributed by atoms with van der Waals surface area (Å²) in [6.07, 6.45) is -14.6. The van der Waals surface area contributed by atoms with E-state index < -0.39 is 110 Å². The van der Waals surface area contributed by atoms with Crippen molar-refractivity contribution in [2.75, 3.05) is 13.2 Å². The highest BCUT2D eigenvalue weighted by Crippen LogP contribution is 2.66. The van der Waals surface area contributed by atoms with Crippen molar-refractivity contribution in [3.63, 3.8) is 0 Å². The molecule has 3 heterocycles. The molecule has 7 unspecified atom stereocenters. The molecule has 0 spiro atoms. The van der Waals surface area contributed by atoms with Gasteiger partial charge < -0.3 is 74.4 Å². The van der Waals surface area contributed by atoms with Gasteiger partial charge in [-0.25, -0.2) is 4.79 Å².